The van der Waals surface area contributed by atoms with Gasteiger partial charge in [-0.05, 0) is 18.1 Å². The summed E-state index contributed by atoms with van der Waals surface area (Å²) in [6, 6.07) is 9.60. The lowest BCUT2D eigenvalue weighted by Crippen LogP contribution is -2.28. The Balaban J connectivity index is 1.67. The largest absolute Gasteiger partial charge is 0.481 e. The molecule has 0 radical (unpaired) electrons. The van der Waals surface area contributed by atoms with Crippen LogP contribution in [0.4, 0.5) is 14.6 Å². The van der Waals surface area contributed by atoms with Crippen molar-refractivity contribution < 1.29 is 23.2 Å². The van der Waals surface area contributed by atoms with Crippen LogP contribution in [0.5, 0.6) is 0 Å². The van der Waals surface area contributed by atoms with Gasteiger partial charge in [-0.25, -0.2) is 18.7 Å². The number of hydrogen-bond donors (Lipinski definition) is 2. The normalized spacial score (nSPS) is 12.1. The number of hydrogen-bond acceptors (Lipinski definition) is 7. The summed E-state index contributed by atoms with van der Waals surface area (Å²) in [7, 11) is 0. The van der Waals surface area contributed by atoms with E-state index in [1.807, 2.05) is 0 Å². The summed E-state index contributed by atoms with van der Waals surface area (Å²) in [6.07, 6.45) is 2.39. The van der Waals surface area contributed by atoms with Crippen LogP contribution in [0.15, 0.2) is 53.4 Å². The molecule has 3 heterocycles. The van der Waals surface area contributed by atoms with E-state index in [0.717, 1.165) is 6.20 Å². The van der Waals surface area contributed by atoms with Crippen LogP contribution in [-0.2, 0) is 11.3 Å². The van der Waals surface area contributed by atoms with E-state index in [1.165, 1.54) is 17.0 Å². The van der Waals surface area contributed by atoms with E-state index in [1.54, 1.807) is 44.2 Å². The van der Waals surface area contributed by atoms with E-state index in [-0.39, 0.29) is 36.5 Å². The van der Waals surface area contributed by atoms with Gasteiger partial charge in [0.05, 0.1) is 24.4 Å². The average molecular weight is 468 g/mol. The van der Waals surface area contributed by atoms with Gasteiger partial charge in [0.2, 0.25) is 0 Å². The molecule has 1 aromatic carbocycles. The second kappa shape index (κ2) is 9.77. The highest BCUT2D eigenvalue weighted by molar-refractivity contribution is 5.71. The number of aliphatic carboxylic acids is 1. The molecule has 0 fully saturated rings. The molecule has 11 heteroatoms. The summed E-state index contributed by atoms with van der Waals surface area (Å²) in [5, 5.41) is 20.6. The number of benzene rings is 1. The number of carboxylic acid groups (broad SMARTS) is 1. The molecule has 0 aliphatic carbocycles. The molecular formula is C23H22F2N6O3. The van der Waals surface area contributed by atoms with Gasteiger partial charge in [0.25, 0.3) is 0 Å². The molecule has 34 heavy (non-hydrogen) atoms. The molecule has 0 aliphatic heterocycles. The van der Waals surface area contributed by atoms with Gasteiger partial charge in [-0.3, -0.25) is 9.48 Å². The standard InChI is InChI=1S/C23H22F2N6O3/c1-13(2)15(23(32)33)10-26-21-17(25)11-27-22(28-21)19-9-20(18-7-8-34-30-18)31(29-19)12-14-5-3-4-6-16(14)24/h3-9,11,13,15H,10,12H2,1-2H3,(H,32,33)(H,26,27,28). The van der Waals surface area contributed by atoms with Crippen molar-refractivity contribution in [3.63, 3.8) is 0 Å². The Bertz CT molecular complexity index is 1290. The first-order chi connectivity index (χ1) is 16.3. The predicted octanol–water partition coefficient (Wildman–Crippen LogP) is 4.09. The lowest BCUT2D eigenvalue weighted by Gasteiger charge is -2.17. The Hall–Kier alpha value is -4.15. The fraction of sp³-hybridized carbons (Fsp3) is 0.261. The molecule has 4 aromatic rings. The van der Waals surface area contributed by atoms with Gasteiger partial charge in [0.1, 0.15) is 23.5 Å². The fourth-order valence-corrected chi connectivity index (χ4v) is 3.41. The van der Waals surface area contributed by atoms with Crippen LogP contribution in [0.2, 0.25) is 0 Å². The molecule has 0 bridgehead atoms. The maximum absolute atomic E-state index is 14.4. The third-order valence-electron chi connectivity index (χ3n) is 5.34. The van der Waals surface area contributed by atoms with E-state index in [9.17, 15) is 18.7 Å². The Morgan fingerprint density at radius 3 is 2.65 bits per heavy atom. The molecule has 1 unspecified atom stereocenters. The van der Waals surface area contributed by atoms with E-state index in [0.29, 0.717) is 22.6 Å². The van der Waals surface area contributed by atoms with Crippen LogP contribution in [0, 0.1) is 23.5 Å². The van der Waals surface area contributed by atoms with Crippen molar-refractivity contribution in [2.75, 3.05) is 11.9 Å². The first kappa shape index (κ1) is 23.0. The molecular weight excluding hydrogens is 446 g/mol. The van der Waals surface area contributed by atoms with Gasteiger partial charge in [-0.1, -0.05) is 37.2 Å². The van der Waals surface area contributed by atoms with Crippen LogP contribution >= 0.6 is 0 Å². The average Bonchev–Trinajstić information content (AvgIpc) is 3.46. The van der Waals surface area contributed by atoms with Gasteiger partial charge in [0, 0.05) is 18.2 Å². The molecule has 0 aliphatic rings. The van der Waals surface area contributed by atoms with E-state index in [4.69, 9.17) is 4.52 Å². The summed E-state index contributed by atoms with van der Waals surface area (Å²) in [6.45, 7) is 3.65. The van der Waals surface area contributed by atoms with Crippen molar-refractivity contribution in [2.24, 2.45) is 11.8 Å². The minimum absolute atomic E-state index is 0.00765. The van der Waals surface area contributed by atoms with E-state index < -0.39 is 17.7 Å². The Morgan fingerprint density at radius 1 is 1.18 bits per heavy atom. The predicted molar refractivity (Wildman–Crippen MR) is 119 cm³/mol. The number of anilines is 1. The lowest BCUT2D eigenvalue weighted by molar-refractivity contribution is -0.142. The van der Waals surface area contributed by atoms with Gasteiger partial charge in [-0.2, -0.15) is 5.10 Å². The topological polar surface area (TPSA) is 119 Å². The van der Waals surface area contributed by atoms with Crippen LogP contribution in [0.25, 0.3) is 22.9 Å². The zero-order valence-corrected chi connectivity index (χ0v) is 18.4. The monoisotopic (exact) mass is 468 g/mol. The van der Waals surface area contributed by atoms with Crippen molar-refractivity contribution in [3.05, 3.63) is 66.1 Å². The first-order valence-electron chi connectivity index (χ1n) is 10.5. The second-order valence-electron chi connectivity index (χ2n) is 8.01. The van der Waals surface area contributed by atoms with Crippen LogP contribution in [0.1, 0.15) is 19.4 Å². The van der Waals surface area contributed by atoms with Crippen molar-refractivity contribution in [1.82, 2.24) is 24.9 Å². The quantitative estimate of drug-likeness (QED) is 0.377. The number of rotatable bonds is 9. The highest BCUT2D eigenvalue weighted by Gasteiger charge is 2.23. The maximum atomic E-state index is 14.4. The summed E-state index contributed by atoms with van der Waals surface area (Å²) >= 11 is 0. The minimum Gasteiger partial charge on any atom is -0.481 e. The summed E-state index contributed by atoms with van der Waals surface area (Å²) in [5.41, 5.74) is 1.71. The summed E-state index contributed by atoms with van der Waals surface area (Å²) < 4.78 is 35.1. The molecule has 4 rings (SSSR count). The Labute approximate surface area is 193 Å². The molecule has 2 N–H and O–H groups in total. The Morgan fingerprint density at radius 2 is 1.97 bits per heavy atom. The number of carbonyl (C=O) groups is 1. The van der Waals surface area contributed by atoms with Gasteiger partial charge >= 0.3 is 5.97 Å². The van der Waals surface area contributed by atoms with Crippen LogP contribution in [0.3, 0.4) is 0 Å². The van der Waals surface area contributed by atoms with Gasteiger partial charge in [-0.15, -0.1) is 0 Å². The summed E-state index contributed by atoms with van der Waals surface area (Å²) in [4.78, 5) is 19.7. The number of aromatic nitrogens is 5. The van der Waals surface area contributed by atoms with Crippen molar-refractivity contribution in [2.45, 2.75) is 20.4 Å². The van der Waals surface area contributed by atoms with Gasteiger partial charge in [0.15, 0.2) is 17.5 Å². The third-order valence-corrected chi connectivity index (χ3v) is 5.34. The zero-order chi connectivity index (χ0) is 24.2. The summed E-state index contributed by atoms with van der Waals surface area (Å²) in [5.74, 6) is -3.00. The van der Waals surface area contributed by atoms with Crippen LogP contribution in [-0.4, -0.2) is 42.5 Å². The molecule has 176 valence electrons. The minimum atomic E-state index is -0.985. The van der Waals surface area contributed by atoms with E-state index >= 15 is 0 Å². The smallest absolute Gasteiger partial charge is 0.308 e. The number of carboxylic acids is 1. The number of nitrogens with one attached hydrogen (secondary N) is 1. The second-order valence-corrected chi connectivity index (χ2v) is 8.01. The van der Waals surface area contributed by atoms with Crippen molar-refractivity contribution >= 4 is 11.8 Å². The molecule has 9 nitrogen and oxygen atoms in total. The highest BCUT2D eigenvalue weighted by Crippen LogP contribution is 2.26. The highest BCUT2D eigenvalue weighted by atomic mass is 19.1. The molecule has 0 saturated heterocycles. The van der Waals surface area contributed by atoms with Gasteiger partial charge < -0.3 is 14.9 Å². The molecule has 0 amide bonds. The molecule has 0 spiro atoms. The van der Waals surface area contributed by atoms with E-state index in [2.05, 4.69) is 25.5 Å². The molecule has 0 saturated carbocycles. The SMILES string of the molecule is CC(C)C(CNc1nc(-c2cc(-c3ccon3)n(Cc3ccccc3F)n2)ncc1F)C(=O)O. The van der Waals surface area contributed by atoms with Crippen LogP contribution < -0.4 is 5.32 Å². The third kappa shape index (κ3) is 4.92. The first-order valence-corrected chi connectivity index (χ1v) is 10.5. The fourth-order valence-electron chi connectivity index (χ4n) is 3.41. The zero-order valence-electron chi connectivity index (χ0n) is 18.4. The number of nitrogens with zero attached hydrogens (tertiary/aromatic N) is 5. The number of halogens is 2. The Kier molecular flexibility index (Phi) is 6.62. The molecule has 3 aromatic heterocycles. The van der Waals surface area contributed by atoms with Crippen molar-refractivity contribution in [1.29, 1.82) is 0 Å². The lowest BCUT2D eigenvalue weighted by atomic mass is 9.96. The molecule has 1 atom stereocenters. The maximum Gasteiger partial charge on any atom is 0.308 e. The van der Waals surface area contributed by atoms with Crippen molar-refractivity contribution in [3.8, 4) is 22.9 Å².